The molecule has 1 aromatic heterocycles. The zero-order chi connectivity index (χ0) is 18.6. The predicted molar refractivity (Wildman–Crippen MR) is 102 cm³/mol. The second-order valence-electron chi connectivity index (χ2n) is 6.72. The second-order valence-corrected chi connectivity index (χ2v) is 6.72. The average molecular weight is 362 g/mol. The maximum Gasteiger partial charge on any atom is 0.254 e. The van der Waals surface area contributed by atoms with Gasteiger partial charge in [-0.25, -0.2) is 9.67 Å². The van der Waals surface area contributed by atoms with Crippen LogP contribution in [0.4, 0.5) is 0 Å². The Hall–Kier alpha value is -3.15. The van der Waals surface area contributed by atoms with Crippen molar-refractivity contribution >= 4 is 5.91 Å². The minimum absolute atomic E-state index is 0.0839. The van der Waals surface area contributed by atoms with Gasteiger partial charge in [0.15, 0.2) is 0 Å². The van der Waals surface area contributed by atoms with Crippen molar-refractivity contribution in [3.8, 4) is 5.75 Å². The van der Waals surface area contributed by atoms with Crippen LogP contribution in [-0.4, -0.2) is 39.2 Å². The molecule has 0 aliphatic carbocycles. The number of benzene rings is 2. The Kier molecular flexibility index (Phi) is 4.87. The van der Waals surface area contributed by atoms with Crippen LogP contribution >= 0.6 is 0 Å². The first kappa shape index (κ1) is 17.3. The van der Waals surface area contributed by atoms with Crippen molar-refractivity contribution in [2.24, 2.45) is 0 Å². The Balaban J connectivity index is 1.48. The van der Waals surface area contributed by atoms with Crippen LogP contribution in [0, 0.1) is 0 Å². The van der Waals surface area contributed by atoms with Crippen molar-refractivity contribution in [2.45, 2.75) is 25.4 Å². The number of carbonyl (C=O) groups excluding carboxylic acids is 1. The van der Waals surface area contributed by atoms with Crippen LogP contribution in [0.3, 0.4) is 0 Å². The molecular weight excluding hydrogens is 340 g/mol. The molecule has 6 heteroatoms. The number of hydrogen-bond acceptors (Lipinski definition) is 4. The summed E-state index contributed by atoms with van der Waals surface area (Å²) in [4.78, 5) is 19.0. The predicted octanol–water partition coefficient (Wildman–Crippen LogP) is 3.31. The molecule has 0 bridgehead atoms. The third-order valence-electron chi connectivity index (χ3n) is 5.03. The van der Waals surface area contributed by atoms with E-state index in [1.165, 1.54) is 6.33 Å². The minimum atomic E-state index is 0.0839. The summed E-state index contributed by atoms with van der Waals surface area (Å²) in [5.74, 6) is 0.915. The lowest BCUT2D eigenvalue weighted by atomic mass is 10.0. The first-order valence-corrected chi connectivity index (χ1v) is 9.11. The molecule has 2 aromatic carbocycles. The third kappa shape index (κ3) is 3.69. The largest absolute Gasteiger partial charge is 0.497 e. The van der Waals surface area contributed by atoms with E-state index in [0.717, 1.165) is 41.8 Å². The van der Waals surface area contributed by atoms with E-state index in [-0.39, 0.29) is 11.9 Å². The Morgan fingerprint density at radius 2 is 1.93 bits per heavy atom. The molecule has 27 heavy (non-hydrogen) atoms. The summed E-state index contributed by atoms with van der Waals surface area (Å²) in [6, 6.07) is 15.9. The smallest absolute Gasteiger partial charge is 0.254 e. The molecule has 2 heterocycles. The number of hydrogen-bond donors (Lipinski definition) is 0. The van der Waals surface area contributed by atoms with Crippen molar-refractivity contribution in [3.05, 3.63) is 77.9 Å². The summed E-state index contributed by atoms with van der Waals surface area (Å²) in [6.07, 6.45) is 5.21. The summed E-state index contributed by atoms with van der Waals surface area (Å²) in [5.41, 5.74) is 2.97. The summed E-state index contributed by atoms with van der Waals surface area (Å²) < 4.78 is 6.99. The van der Waals surface area contributed by atoms with Gasteiger partial charge in [0.25, 0.3) is 5.91 Å². The summed E-state index contributed by atoms with van der Waals surface area (Å²) >= 11 is 0. The highest BCUT2D eigenvalue weighted by atomic mass is 16.5. The Bertz CT molecular complexity index is 889. The molecule has 0 saturated carbocycles. The molecule has 6 nitrogen and oxygen atoms in total. The highest BCUT2D eigenvalue weighted by Gasteiger charge is 2.30. The summed E-state index contributed by atoms with van der Waals surface area (Å²) in [5, 5.41) is 4.11. The molecule has 0 radical (unpaired) electrons. The van der Waals surface area contributed by atoms with Crippen LogP contribution in [0.1, 0.15) is 40.4 Å². The van der Waals surface area contributed by atoms with E-state index >= 15 is 0 Å². The van der Waals surface area contributed by atoms with Gasteiger partial charge in [-0.3, -0.25) is 4.79 Å². The molecule has 1 fully saturated rings. The summed E-state index contributed by atoms with van der Waals surface area (Å²) in [7, 11) is 1.66. The first-order chi connectivity index (χ1) is 13.2. The maximum absolute atomic E-state index is 13.1. The second kappa shape index (κ2) is 7.61. The molecule has 1 atom stereocenters. The Morgan fingerprint density at radius 1 is 1.15 bits per heavy atom. The molecule has 0 spiro atoms. The molecule has 3 aromatic rings. The van der Waals surface area contributed by atoms with Gasteiger partial charge in [0.2, 0.25) is 0 Å². The van der Waals surface area contributed by atoms with E-state index in [1.54, 1.807) is 18.1 Å². The highest BCUT2D eigenvalue weighted by molar-refractivity contribution is 5.94. The minimum Gasteiger partial charge on any atom is -0.497 e. The fourth-order valence-electron chi connectivity index (χ4n) is 3.60. The van der Waals surface area contributed by atoms with Crippen molar-refractivity contribution in [1.29, 1.82) is 0 Å². The van der Waals surface area contributed by atoms with Crippen LogP contribution in [-0.2, 0) is 6.54 Å². The lowest BCUT2D eigenvalue weighted by Crippen LogP contribution is -2.30. The van der Waals surface area contributed by atoms with E-state index in [2.05, 4.69) is 22.2 Å². The number of amides is 1. The van der Waals surface area contributed by atoms with Gasteiger partial charge < -0.3 is 9.64 Å². The summed E-state index contributed by atoms with van der Waals surface area (Å²) in [6.45, 7) is 1.43. The lowest BCUT2D eigenvalue weighted by molar-refractivity contribution is 0.0735. The molecule has 1 unspecified atom stereocenters. The van der Waals surface area contributed by atoms with Gasteiger partial charge in [-0.2, -0.15) is 5.10 Å². The molecule has 1 saturated heterocycles. The fraction of sp³-hybridized carbons (Fsp3) is 0.286. The van der Waals surface area contributed by atoms with Crippen LogP contribution in [0.15, 0.2) is 61.2 Å². The van der Waals surface area contributed by atoms with E-state index in [1.807, 2.05) is 41.3 Å². The number of ether oxygens (including phenoxy) is 1. The SMILES string of the molecule is COc1ccc(C2CCCN2C(=O)c2ccc(Cn3cncn3)cc2)cc1. The van der Waals surface area contributed by atoms with Crippen molar-refractivity contribution in [1.82, 2.24) is 19.7 Å². The molecule has 4 rings (SSSR count). The van der Waals surface area contributed by atoms with E-state index in [0.29, 0.717) is 6.54 Å². The average Bonchev–Trinajstić information content (AvgIpc) is 3.40. The molecule has 138 valence electrons. The van der Waals surface area contributed by atoms with Gasteiger partial charge in [-0.15, -0.1) is 0 Å². The quantitative estimate of drug-likeness (QED) is 0.699. The molecule has 1 amide bonds. The van der Waals surface area contributed by atoms with Crippen molar-refractivity contribution in [2.75, 3.05) is 13.7 Å². The van der Waals surface area contributed by atoms with Gasteiger partial charge >= 0.3 is 0 Å². The lowest BCUT2D eigenvalue weighted by Gasteiger charge is -2.25. The zero-order valence-electron chi connectivity index (χ0n) is 15.3. The number of methoxy groups -OCH3 is 1. The number of likely N-dealkylation sites (tertiary alicyclic amines) is 1. The van der Waals surface area contributed by atoms with Gasteiger partial charge in [0.05, 0.1) is 19.7 Å². The fourth-order valence-corrected chi connectivity index (χ4v) is 3.60. The van der Waals surface area contributed by atoms with Crippen molar-refractivity contribution in [3.63, 3.8) is 0 Å². The van der Waals surface area contributed by atoms with Crippen LogP contribution in [0.5, 0.6) is 5.75 Å². The van der Waals surface area contributed by atoms with E-state index in [4.69, 9.17) is 4.74 Å². The zero-order valence-corrected chi connectivity index (χ0v) is 15.3. The topological polar surface area (TPSA) is 60.2 Å². The molecular formula is C21H22N4O2. The highest BCUT2D eigenvalue weighted by Crippen LogP contribution is 2.33. The van der Waals surface area contributed by atoms with E-state index < -0.39 is 0 Å². The normalized spacial score (nSPS) is 16.5. The Morgan fingerprint density at radius 3 is 2.59 bits per heavy atom. The number of aromatic nitrogens is 3. The molecule has 1 aliphatic rings. The first-order valence-electron chi connectivity index (χ1n) is 9.11. The standard InChI is InChI=1S/C21H22N4O2/c1-27-19-10-8-17(9-11-19)20-3-2-12-25(20)21(26)18-6-4-16(5-7-18)13-24-15-22-14-23-24/h4-11,14-15,20H,2-3,12-13H2,1H3. The van der Waals surface area contributed by atoms with Crippen LogP contribution in [0.2, 0.25) is 0 Å². The number of rotatable bonds is 5. The number of carbonyl (C=O) groups is 1. The monoisotopic (exact) mass is 362 g/mol. The van der Waals surface area contributed by atoms with Gasteiger partial charge in [-0.1, -0.05) is 24.3 Å². The van der Waals surface area contributed by atoms with Gasteiger partial charge in [-0.05, 0) is 48.2 Å². The van der Waals surface area contributed by atoms with Crippen molar-refractivity contribution < 1.29 is 9.53 Å². The number of nitrogens with zero attached hydrogens (tertiary/aromatic N) is 4. The van der Waals surface area contributed by atoms with Crippen LogP contribution in [0.25, 0.3) is 0 Å². The molecule has 1 aliphatic heterocycles. The Labute approximate surface area is 158 Å². The maximum atomic E-state index is 13.1. The molecule has 0 N–H and O–H groups in total. The van der Waals surface area contributed by atoms with Crippen LogP contribution < -0.4 is 4.74 Å². The van der Waals surface area contributed by atoms with Gasteiger partial charge in [0.1, 0.15) is 18.4 Å². The van der Waals surface area contributed by atoms with Gasteiger partial charge in [0, 0.05) is 12.1 Å². The van der Waals surface area contributed by atoms with E-state index in [9.17, 15) is 4.79 Å². The third-order valence-corrected chi connectivity index (χ3v) is 5.03.